The highest BCUT2D eigenvalue weighted by Gasteiger charge is 2.26. The molecular formula is C11H18N2O6. The molecule has 0 unspecified atom stereocenters. The number of hydrogen-bond acceptors (Lipinski definition) is 5. The Balaban J connectivity index is 2.54. The van der Waals surface area contributed by atoms with Gasteiger partial charge in [-0.25, -0.2) is 9.59 Å². The Kier molecular flexibility index (Phi) is 6.07. The average Bonchev–Trinajstić information content (AvgIpc) is 2.66. The fourth-order valence-corrected chi connectivity index (χ4v) is 1.64. The first-order valence-corrected chi connectivity index (χ1v) is 5.97. The molecule has 8 heteroatoms. The van der Waals surface area contributed by atoms with Crippen LogP contribution >= 0.6 is 0 Å². The number of carboxylic acid groups (broad SMARTS) is 1. The number of rotatable bonds is 4. The van der Waals surface area contributed by atoms with Crippen molar-refractivity contribution in [3.8, 4) is 0 Å². The van der Waals surface area contributed by atoms with Gasteiger partial charge in [0.2, 0.25) is 0 Å². The number of nitrogens with one attached hydrogen (secondary N) is 1. The monoisotopic (exact) mass is 274 g/mol. The highest BCUT2D eigenvalue weighted by atomic mass is 16.5. The second-order valence-corrected chi connectivity index (χ2v) is 4.07. The molecule has 8 nitrogen and oxygen atoms in total. The summed E-state index contributed by atoms with van der Waals surface area (Å²) >= 11 is 0. The molecule has 1 fully saturated rings. The van der Waals surface area contributed by atoms with Gasteiger partial charge in [0.1, 0.15) is 6.04 Å². The Hall–Kier alpha value is -1.83. The van der Waals surface area contributed by atoms with E-state index in [1.807, 2.05) is 0 Å². The van der Waals surface area contributed by atoms with Crippen molar-refractivity contribution in [2.45, 2.75) is 18.9 Å². The molecule has 1 saturated heterocycles. The first-order valence-electron chi connectivity index (χ1n) is 5.97. The molecule has 1 atom stereocenters. The summed E-state index contributed by atoms with van der Waals surface area (Å²) in [5.74, 6) is -1.96. The summed E-state index contributed by atoms with van der Waals surface area (Å²) in [5.41, 5.74) is 0. The van der Waals surface area contributed by atoms with Gasteiger partial charge in [0.15, 0.2) is 0 Å². The standard InChI is InChI=1S/C11H18N2O6/c1-18-9(14)7-8(10(15)16)12-11(17)13-3-2-5-19-6-4-13/h8H,2-7H2,1H3,(H,12,17)(H,15,16)/t8-/m0/s1. The summed E-state index contributed by atoms with van der Waals surface area (Å²) in [6.45, 7) is 1.89. The van der Waals surface area contributed by atoms with E-state index >= 15 is 0 Å². The second-order valence-electron chi connectivity index (χ2n) is 4.07. The molecule has 2 N–H and O–H groups in total. The predicted molar refractivity (Wildman–Crippen MR) is 63.6 cm³/mol. The van der Waals surface area contributed by atoms with Crippen LogP contribution in [0.1, 0.15) is 12.8 Å². The number of nitrogens with zero attached hydrogens (tertiary/aromatic N) is 1. The van der Waals surface area contributed by atoms with Crippen molar-refractivity contribution in [1.82, 2.24) is 10.2 Å². The molecule has 108 valence electrons. The van der Waals surface area contributed by atoms with Crippen LogP contribution in [-0.4, -0.2) is 67.4 Å². The molecule has 0 saturated carbocycles. The van der Waals surface area contributed by atoms with Crippen LogP contribution in [0.2, 0.25) is 0 Å². The molecule has 0 spiro atoms. The largest absolute Gasteiger partial charge is 0.480 e. The molecule has 2 amide bonds. The van der Waals surface area contributed by atoms with E-state index in [0.29, 0.717) is 32.7 Å². The van der Waals surface area contributed by atoms with Crippen molar-refractivity contribution in [3.63, 3.8) is 0 Å². The van der Waals surface area contributed by atoms with Gasteiger partial charge in [0.05, 0.1) is 20.1 Å². The predicted octanol–water partition coefficient (Wildman–Crippen LogP) is -0.565. The van der Waals surface area contributed by atoms with Crippen LogP contribution in [0.3, 0.4) is 0 Å². The van der Waals surface area contributed by atoms with Crippen molar-refractivity contribution in [2.24, 2.45) is 0 Å². The van der Waals surface area contributed by atoms with Crippen molar-refractivity contribution in [2.75, 3.05) is 33.4 Å². The maximum Gasteiger partial charge on any atom is 0.326 e. The van der Waals surface area contributed by atoms with Crippen LogP contribution in [0.5, 0.6) is 0 Å². The van der Waals surface area contributed by atoms with Crippen molar-refractivity contribution in [3.05, 3.63) is 0 Å². The summed E-state index contributed by atoms with van der Waals surface area (Å²) in [6, 6.07) is -1.80. The minimum Gasteiger partial charge on any atom is -0.480 e. The molecule has 0 aromatic rings. The molecule has 0 aromatic carbocycles. The van der Waals surface area contributed by atoms with Gasteiger partial charge in [-0.05, 0) is 6.42 Å². The second kappa shape index (κ2) is 7.57. The molecular weight excluding hydrogens is 256 g/mol. The van der Waals surface area contributed by atoms with Crippen molar-refractivity contribution in [1.29, 1.82) is 0 Å². The number of aliphatic carboxylic acids is 1. The van der Waals surface area contributed by atoms with E-state index in [9.17, 15) is 14.4 Å². The summed E-state index contributed by atoms with van der Waals surface area (Å²) in [6.07, 6.45) is 0.296. The molecule has 1 heterocycles. The Morgan fingerprint density at radius 3 is 2.74 bits per heavy atom. The van der Waals surface area contributed by atoms with E-state index in [4.69, 9.17) is 9.84 Å². The molecule has 1 aliphatic rings. The molecule has 0 aromatic heterocycles. The molecule has 19 heavy (non-hydrogen) atoms. The first kappa shape index (κ1) is 15.2. The number of carboxylic acids is 1. The lowest BCUT2D eigenvalue weighted by atomic mass is 10.2. The topological polar surface area (TPSA) is 105 Å². The number of urea groups is 1. The van der Waals surface area contributed by atoms with Crippen LogP contribution in [-0.2, 0) is 19.1 Å². The highest BCUT2D eigenvalue weighted by molar-refractivity contribution is 5.86. The first-order chi connectivity index (χ1) is 9.04. The fourth-order valence-electron chi connectivity index (χ4n) is 1.64. The number of esters is 1. The average molecular weight is 274 g/mol. The van der Waals surface area contributed by atoms with E-state index in [0.717, 1.165) is 7.11 Å². The summed E-state index contributed by atoms with van der Waals surface area (Å²) in [7, 11) is 1.16. The van der Waals surface area contributed by atoms with Crippen LogP contribution in [0, 0.1) is 0 Å². The summed E-state index contributed by atoms with van der Waals surface area (Å²) in [4.78, 5) is 35.4. The summed E-state index contributed by atoms with van der Waals surface area (Å²) < 4.78 is 9.59. The lowest BCUT2D eigenvalue weighted by Crippen LogP contribution is -2.49. The Bertz CT molecular complexity index is 338. The van der Waals surface area contributed by atoms with Gasteiger partial charge < -0.3 is 24.8 Å². The van der Waals surface area contributed by atoms with Gasteiger partial charge in [0.25, 0.3) is 0 Å². The van der Waals surface area contributed by atoms with Crippen LogP contribution in [0.15, 0.2) is 0 Å². The highest BCUT2D eigenvalue weighted by Crippen LogP contribution is 2.02. The lowest BCUT2D eigenvalue weighted by Gasteiger charge is -2.22. The van der Waals surface area contributed by atoms with Crippen LogP contribution in [0.25, 0.3) is 0 Å². The normalized spacial score (nSPS) is 17.2. The lowest BCUT2D eigenvalue weighted by molar-refractivity contribution is -0.147. The van der Waals surface area contributed by atoms with Gasteiger partial charge in [0, 0.05) is 19.7 Å². The zero-order chi connectivity index (χ0) is 14.3. The minimum atomic E-state index is -1.29. The molecule has 1 aliphatic heterocycles. The maximum atomic E-state index is 11.9. The number of amides is 2. The zero-order valence-electron chi connectivity index (χ0n) is 10.8. The van der Waals surface area contributed by atoms with Crippen molar-refractivity contribution >= 4 is 18.0 Å². The Morgan fingerprint density at radius 1 is 1.37 bits per heavy atom. The van der Waals surface area contributed by atoms with E-state index < -0.39 is 30.4 Å². The van der Waals surface area contributed by atoms with Gasteiger partial charge >= 0.3 is 18.0 Å². The van der Waals surface area contributed by atoms with Gasteiger partial charge in [-0.1, -0.05) is 0 Å². The number of hydrogen-bond donors (Lipinski definition) is 2. The molecule has 0 radical (unpaired) electrons. The fraction of sp³-hybridized carbons (Fsp3) is 0.727. The quantitative estimate of drug-likeness (QED) is 0.665. The smallest absolute Gasteiger partial charge is 0.326 e. The SMILES string of the molecule is COC(=O)C[C@H](NC(=O)N1CCCOCC1)C(=O)O. The van der Waals surface area contributed by atoms with E-state index in [1.165, 1.54) is 4.90 Å². The summed E-state index contributed by atoms with van der Waals surface area (Å²) in [5, 5.41) is 11.3. The van der Waals surface area contributed by atoms with Crippen LogP contribution in [0.4, 0.5) is 4.79 Å². The molecule has 1 rings (SSSR count). The van der Waals surface area contributed by atoms with E-state index in [2.05, 4.69) is 10.1 Å². The Morgan fingerprint density at radius 2 is 2.11 bits per heavy atom. The van der Waals surface area contributed by atoms with Crippen LogP contribution < -0.4 is 5.32 Å². The van der Waals surface area contributed by atoms with Gasteiger partial charge in [-0.2, -0.15) is 0 Å². The number of ether oxygens (including phenoxy) is 2. The third kappa shape index (κ3) is 5.12. The minimum absolute atomic E-state index is 0.399. The van der Waals surface area contributed by atoms with Gasteiger partial charge in [-0.15, -0.1) is 0 Å². The van der Waals surface area contributed by atoms with Gasteiger partial charge in [-0.3, -0.25) is 4.79 Å². The molecule has 0 bridgehead atoms. The molecule has 0 aliphatic carbocycles. The number of methoxy groups -OCH3 is 1. The maximum absolute atomic E-state index is 11.9. The Labute approximate surface area is 110 Å². The van der Waals surface area contributed by atoms with Crippen molar-refractivity contribution < 1.29 is 29.0 Å². The van der Waals surface area contributed by atoms with E-state index in [-0.39, 0.29) is 0 Å². The third-order valence-electron chi connectivity index (χ3n) is 2.70. The number of carbonyl (C=O) groups is 3. The van der Waals surface area contributed by atoms with E-state index in [1.54, 1.807) is 0 Å². The number of carbonyl (C=O) groups excluding carboxylic acids is 2. The third-order valence-corrected chi connectivity index (χ3v) is 2.70. The zero-order valence-corrected chi connectivity index (χ0v) is 10.8.